The molecular formula is C14H23N3O3S. The van der Waals surface area contributed by atoms with Crippen LogP contribution < -0.4 is 4.72 Å². The van der Waals surface area contributed by atoms with Crippen LogP contribution in [0.5, 0.6) is 0 Å². The summed E-state index contributed by atoms with van der Waals surface area (Å²) in [6.07, 6.45) is 6.95. The fraction of sp³-hybridized carbons (Fsp3) is 0.786. The quantitative estimate of drug-likeness (QED) is 0.863. The zero-order valence-electron chi connectivity index (χ0n) is 12.4. The molecule has 21 heavy (non-hydrogen) atoms. The summed E-state index contributed by atoms with van der Waals surface area (Å²) in [4.78, 5) is 4.42. The molecule has 1 saturated carbocycles. The molecule has 0 aromatic carbocycles. The SMILES string of the molecule is CCn1ccnc1C(NS(=O)(=O)C1CC1)C1CCOCC1. The van der Waals surface area contributed by atoms with Gasteiger partial charge in [-0.05, 0) is 38.5 Å². The number of hydrogen-bond donors (Lipinski definition) is 1. The lowest BCUT2D eigenvalue weighted by Crippen LogP contribution is -2.39. The van der Waals surface area contributed by atoms with Crippen LogP contribution in [-0.4, -0.2) is 36.4 Å². The van der Waals surface area contributed by atoms with E-state index in [1.165, 1.54) is 0 Å². The molecule has 0 bridgehead atoms. The van der Waals surface area contributed by atoms with Gasteiger partial charge < -0.3 is 9.30 Å². The number of aryl methyl sites for hydroxylation is 1. The number of ether oxygens (including phenoxy) is 1. The molecule has 2 aliphatic rings. The third kappa shape index (κ3) is 3.30. The standard InChI is InChI=1S/C14H23N3O3S/c1-2-17-8-7-15-14(17)13(11-5-9-20-10-6-11)16-21(18,19)12-3-4-12/h7-8,11-13,16H,2-6,9-10H2,1H3. The van der Waals surface area contributed by atoms with Gasteiger partial charge in [-0.25, -0.2) is 18.1 Å². The number of nitrogens with zero attached hydrogens (tertiary/aromatic N) is 2. The van der Waals surface area contributed by atoms with E-state index in [0.29, 0.717) is 13.2 Å². The highest BCUT2D eigenvalue weighted by Crippen LogP contribution is 2.34. The number of sulfonamides is 1. The fourth-order valence-electron chi connectivity index (χ4n) is 2.93. The van der Waals surface area contributed by atoms with Crippen molar-refractivity contribution >= 4 is 10.0 Å². The van der Waals surface area contributed by atoms with Crippen LogP contribution in [0.25, 0.3) is 0 Å². The van der Waals surface area contributed by atoms with Gasteiger partial charge in [0.2, 0.25) is 10.0 Å². The van der Waals surface area contributed by atoms with E-state index in [-0.39, 0.29) is 17.2 Å². The Hall–Kier alpha value is -0.920. The molecular weight excluding hydrogens is 290 g/mol. The van der Waals surface area contributed by atoms with Crippen molar-refractivity contribution in [3.8, 4) is 0 Å². The molecule has 1 unspecified atom stereocenters. The summed E-state index contributed by atoms with van der Waals surface area (Å²) < 4.78 is 35.1. The van der Waals surface area contributed by atoms with Gasteiger partial charge in [0, 0.05) is 32.2 Å². The van der Waals surface area contributed by atoms with Gasteiger partial charge in [-0.2, -0.15) is 0 Å². The summed E-state index contributed by atoms with van der Waals surface area (Å²) in [6.45, 7) is 4.22. The summed E-state index contributed by atoms with van der Waals surface area (Å²) in [6, 6.07) is -0.241. The minimum atomic E-state index is -3.23. The van der Waals surface area contributed by atoms with Crippen molar-refractivity contribution < 1.29 is 13.2 Å². The third-order valence-electron chi connectivity index (χ3n) is 4.36. The third-order valence-corrected chi connectivity index (χ3v) is 6.29. The van der Waals surface area contributed by atoms with Crippen LogP contribution in [-0.2, 0) is 21.3 Å². The topological polar surface area (TPSA) is 73.2 Å². The highest BCUT2D eigenvalue weighted by Gasteiger charge is 2.40. The van der Waals surface area contributed by atoms with Crippen LogP contribution in [0.4, 0.5) is 0 Å². The lowest BCUT2D eigenvalue weighted by molar-refractivity contribution is 0.0550. The van der Waals surface area contributed by atoms with Crippen LogP contribution in [0.15, 0.2) is 12.4 Å². The van der Waals surface area contributed by atoms with Crippen LogP contribution in [0, 0.1) is 5.92 Å². The molecule has 0 radical (unpaired) electrons. The number of nitrogens with one attached hydrogen (secondary N) is 1. The van der Waals surface area contributed by atoms with E-state index < -0.39 is 10.0 Å². The molecule has 1 atom stereocenters. The molecule has 7 heteroatoms. The highest BCUT2D eigenvalue weighted by atomic mass is 32.2. The zero-order valence-corrected chi connectivity index (χ0v) is 13.2. The van der Waals surface area contributed by atoms with Gasteiger partial charge in [0.05, 0.1) is 11.3 Å². The van der Waals surface area contributed by atoms with E-state index in [1.807, 2.05) is 17.7 Å². The first-order chi connectivity index (χ1) is 10.1. The van der Waals surface area contributed by atoms with Crippen molar-refractivity contribution in [3.05, 3.63) is 18.2 Å². The average molecular weight is 313 g/mol. The summed E-state index contributed by atoms with van der Waals surface area (Å²) in [7, 11) is -3.23. The molecule has 1 aromatic rings. The first-order valence-corrected chi connectivity index (χ1v) is 9.26. The smallest absolute Gasteiger partial charge is 0.215 e. The maximum Gasteiger partial charge on any atom is 0.215 e. The lowest BCUT2D eigenvalue weighted by Gasteiger charge is -2.30. The molecule has 1 saturated heterocycles. The van der Waals surface area contributed by atoms with Gasteiger partial charge in [-0.1, -0.05) is 0 Å². The molecule has 3 rings (SSSR count). The minimum absolute atomic E-state index is 0.204. The van der Waals surface area contributed by atoms with E-state index in [0.717, 1.165) is 38.1 Å². The summed E-state index contributed by atoms with van der Waals surface area (Å²) in [5, 5.41) is -0.204. The Morgan fingerprint density at radius 1 is 1.38 bits per heavy atom. The average Bonchev–Trinajstić information content (AvgIpc) is 3.25. The van der Waals surface area contributed by atoms with Crippen molar-refractivity contribution in [3.63, 3.8) is 0 Å². The zero-order chi connectivity index (χ0) is 14.9. The Morgan fingerprint density at radius 2 is 2.10 bits per heavy atom. The van der Waals surface area contributed by atoms with E-state index in [9.17, 15) is 8.42 Å². The van der Waals surface area contributed by atoms with E-state index in [2.05, 4.69) is 9.71 Å². The monoisotopic (exact) mass is 313 g/mol. The van der Waals surface area contributed by atoms with Crippen LogP contribution in [0.1, 0.15) is 44.5 Å². The number of hydrogen-bond acceptors (Lipinski definition) is 4. The maximum atomic E-state index is 12.4. The molecule has 2 fully saturated rings. The second kappa shape index (κ2) is 6.06. The Morgan fingerprint density at radius 3 is 2.71 bits per heavy atom. The van der Waals surface area contributed by atoms with Gasteiger partial charge in [0.1, 0.15) is 5.82 Å². The second-order valence-corrected chi connectivity index (χ2v) is 7.85. The molecule has 6 nitrogen and oxygen atoms in total. The van der Waals surface area contributed by atoms with Crippen molar-refractivity contribution in [1.29, 1.82) is 0 Å². The Kier molecular flexibility index (Phi) is 4.33. The summed E-state index contributed by atoms with van der Waals surface area (Å²) >= 11 is 0. The molecule has 1 N–H and O–H groups in total. The fourth-order valence-corrected chi connectivity index (χ4v) is 4.53. The van der Waals surface area contributed by atoms with E-state index >= 15 is 0 Å². The summed E-state index contributed by atoms with van der Waals surface area (Å²) in [5.41, 5.74) is 0. The normalized spacial score (nSPS) is 22.3. The van der Waals surface area contributed by atoms with Crippen molar-refractivity contribution in [1.82, 2.24) is 14.3 Å². The molecule has 0 amide bonds. The van der Waals surface area contributed by atoms with E-state index in [4.69, 9.17) is 4.74 Å². The molecule has 2 heterocycles. The predicted molar refractivity (Wildman–Crippen MR) is 79.3 cm³/mol. The maximum absolute atomic E-state index is 12.4. The van der Waals surface area contributed by atoms with Crippen LogP contribution >= 0.6 is 0 Å². The van der Waals surface area contributed by atoms with Gasteiger partial charge in [-0.3, -0.25) is 0 Å². The van der Waals surface area contributed by atoms with Gasteiger partial charge in [0.15, 0.2) is 0 Å². The highest BCUT2D eigenvalue weighted by molar-refractivity contribution is 7.90. The predicted octanol–water partition coefficient (Wildman–Crippen LogP) is 1.45. The molecule has 0 spiro atoms. The lowest BCUT2D eigenvalue weighted by atomic mass is 9.92. The number of imidazole rings is 1. The second-order valence-electron chi connectivity index (χ2n) is 5.86. The van der Waals surface area contributed by atoms with Crippen LogP contribution in [0.2, 0.25) is 0 Å². The van der Waals surface area contributed by atoms with Crippen molar-refractivity contribution in [2.45, 2.75) is 50.4 Å². The van der Waals surface area contributed by atoms with Gasteiger partial charge in [-0.15, -0.1) is 0 Å². The number of rotatable bonds is 6. The molecule has 1 aliphatic heterocycles. The molecule has 118 valence electrons. The first kappa shape index (κ1) is 15.0. The Balaban J connectivity index is 1.86. The number of aromatic nitrogens is 2. The molecule has 1 aliphatic carbocycles. The molecule has 1 aromatic heterocycles. The van der Waals surface area contributed by atoms with Crippen molar-refractivity contribution in [2.75, 3.05) is 13.2 Å². The van der Waals surface area contributed by atoms with Gasteiger partial charge in [0.25, 0.3) is 0 Å². The van der Waals surface area contributed by atoms with E-state index in [1.54, 1.807) is 6.20 Å². The van der Waals surface area contributed by atoms with Gasteiger partial charge >= 0.3 is 0 Å². The minimum Gasteiger partial charge on any atom is -0.381 e. The Bertz CT molecular complexity index is 574. The first-order valence-electron chi connectivity index (χ1n) is 7.71. The van der Waals surface area contributed by atoms with Crippen LogP contribution in [0.3, 0.4) is 0 Å². The largest absolute Gasteiger partial charge is 0.381 e. The summed E-state index contributed by atoms with van der Waals surface area (Å²) in [5.74, 6) is 1.08. The van der Waals surface area contributed by atoms with Crippen molar-refractivity contribution in [2.24, 2.45) is 5.92 Å². The Labute approximate surface area is 125 Å².